The second-order valence-corrected chi connectivity index (χ2v) is 4.32. The fourth-order valence-electron chi connectivity index (χ4n) is 1.74. The Bertz CT molecular complexity index is 551. The summed E-state index contributed by atoms with van der Waals surface area (Å²) >= 11 is 0. The molecular formula is C14H15NO6. The molecule has 7 nitrogen and oxygen atoms in total. The Morgan fingerprint density at radius 1 is 1.38 bits per heavy atom. The van der Waals surface area contributed by atoms with Crippen LogP contribution in [0.4, 0.5) is 4.79 Å². The average Bonchev–Trinajstić information content (AvgIpc) is 2.94. The van der Waals surface area contributed by atoms with Crippen LogP contribution in [-0.4, -0.2) is 36.9 Å². The minimum atomic E-state index is -1.16. The molecule has 0 aromatic heterocycles. The Labute approximate surface area is 121 Å². The van der Waals surface area contributed by atoms with Crippen LogP contribution in [0.25, 0.3) is 0 Å². The summed E-state index contributed by atoms with van der Waals surface area (Å²) in [6, 6.07) is 6.60. The molecule has 1 heterocycles. The largest absolute Gasteiger partial charge is 0.497 e. The van der Waals surface area contributed by atoms with Crippen molar-refractivity contribution >= 4 is 12.1 Å². The first kappa shape index (κ1) is 14.7. The molecule has 0 bridgehead atoms. The molecule has 7 heteroatoms. The minimum Gasteiger partial charge on any atom is -0.497 e. The molecule has 0 aliphatic carbocycles. The highest BCUT2D eigenvalue weighted by atomic mass is 16.6. The number of hydrogen-bond acceptors (Lipinski definition) is 5. The predicted molar refractivity (Wildman–Crippen MR) is 71.8 cm³/mol. The predicted octanol–water partition coefficient (Wildman–Crippen LogP) is 1.29. The molecule has 21 heavy (non-hydrogen) atoms. The van der Waals surface area contributed by atoms with Gasteiger partial charge in [-0.1, -0.05) is 12.1 Å². The molecule has 1 aliphatic rings. The zero-order chi connectivity index (χ0) is 15.2. The lowest BCUT2D eigenvalue weighted by Crippen LogP contribution is -2.34. The fourth-order valence-corrected chi connectivity index (χ4v) is 1.74. The van der Waals surface area contributed by atoms with Crippen LogP contribution in [0, 0.1) is 0 Å². The van der Waals surface area contributed by atoms with Gasteiger partial charge in [0.2, 0.25) is 5.76 Å². The van der Waals surface area contributed by atoms with Crippen LogP contribution < -0.4 is 10.1 Å². The van der Waals surface area contributed by atoms with Gasteiger partial charge in [0.05, 0.1) is 13.2 Å². The Kier molecular flexibility index (Phi) is 4.65. The summed E-state index contributed by atoms with van der Waals surface area (Å²) in [4.78, 5) is 22.2. The standard InChI is InChI=1S/C14H15NO6/c1-19-11-4-2-9(3-5-11)7-21-14(18)15-10-6-12(13(16)17)20-8-10/h2-6,10H,7-8H2,1H3,(H,15,18)(H,16,17). The number of alkyl carbamates (subject to hydrolysis) is 1. The van der Waals surface area contributed by atoms with Crippen LogP contribution in [-0.2, 0) is 20.9 Å². The number of rotatable bonds is 5. The highest BCUT2D eigenvalue weighted by molar-refractivity contribution is 5.85. The Morgan fingerprint density at radius 3 is 2.67 bits per heavy atom. The molecule has 1 unspecified atom stereocenters. The number of benzene rings is 1. The van der Waals surface area contributed by atoms with E-state index < -0.39 is 18.1 Å². The Morgan fingerprint density at radius 2 is 2.10 bits per heavy atom. The van der Waals surface area contributed by atoms with E-state index in [0.717, 1.165) is 11.3 Å². The van der Waals surface area contributed by atoms with E-state index in [1.165, 1.54) is 6.08 Å². The Hall–Kier alpha value is -2.70. The molecule has 0 saturated heterocycles. The zero-order valence-corrected chi connectivity index (χ0v) is 11.4. The summed E-state index contributed by atoms with van der Waals surface area (Å²) < 4.78 is 15.0. The lowest BCUT2D eigenvalue weighted by molar-refractivity contribution is -0.136. The minimum absolute atomic E-state index is 0.0826. The van der Waals surface area contributed by atoms with Gasteiger partial charge in [0.15, 0.2) is 0 Å². The molecule has 0 saturated carbocycles. The monoisotopic (exact) mass is 293 g/mol. The van der Waals surface area contributed by atoms with Crippen molar-refractivity contribution in [2.24, 2.45) is 0 Å². The molecule has 1 amide bonds. The Balaban J connectivity index is 1.78. The molecule has 0 fully saturated rings. The summed E-state index contributed by atoms with van der Waals surface area (Å²) in [7, 11) is 1.57. The van der Waals surface area contributed by atoms with E-state index in [-0.39, 0.29) is 19.0 Å². The molecular weight excluding hydrogens is 278 g/mol. The van der Waals surface area contributed by atoms with Crippen LogP contribution in [0.1, 0.15) is 5.56 Å². The molecule has 2 rings (SSSR count). The van der Waals surface area contributed by atoms with E-state index in [9.17, 15) is 9.59 Å². The van der Waals surface area contributed by atoms with E-state index in [4.69, 9.17) is 19.3 Å². The quantitative estimate of drug-likeness (QED) is 0.849. The van der Waals surface area contributed by atoms with Crippen molar-refractivity contribution in [3.05, 3.63) is 41.7 Å². The van der Waals surface area contributed by atoms with Gasteiger partial charge in [0, 0.05) is 0 Å². The molecule has 0 spiro atoms. The molecule has 1 atom stereocenters. The maximum Gasteiger partial charge on any atom is 0.408 e. The highest BCUT2D eigenvalue weighted by Gasteiger charge is 2.23. The van der Waals surface area contributed by atoms with E-state index in [1.54, 1.807) is 31.4 Å². The van der Waals surface area contributed by atoms with Gasteiger partial charge in [0.25, 0.3) is 0 Å². The van der Waals surface area contributed by atoms with Crippen LogP contribution in [0.5, 0.6) is 5.75 Å². The molecule has 1 aromatic rings. The van der Waals surface area contributed by atoms with Crippen molar-refractivity contribution in [2.75, 3.05) is 13.7 Å². The smallest absolute Gasteiger partial charge is 0.408 e. The molecule has 112 valence electrons. The van der Waals surface area contributed by atoms with Gasteiger partial charge in [-0.25, -0.2) is 9.59 Å². The number of aliphatic carboxylic acids is 1. The maximum absolute atomic E-state index is 11.6. The third-order valence-electron chi connectivity index (χ3n) is 2.81. The number of methoxy groups -OCH3 is 1. The summed E-state index contributed by atoms with van der Waals surface area (Å²) in [5.74, 6) is -0.612. The van der Waals surface area contributed by atoms with Gasteiger partial charge >= 0.3 is 12.1 Å². The lowest BCUT2D eigenvalue weighted by Gasteiger charge is -2.10. The lowest BCUT2D eigenvalue weighted by atomic mass is 10.2. The van der Waals surface area contributed by atoms with Gasteiger partial charge in [-0.15, -0.1) is 0 Å². The number of carbonyl (C=O) groups excluding carboxylic acids is 1. The summed E-state index contributed by atoms with van der Waals surface area (Å²) in [5, 5.41) is 11.2. The van der Waals surface area contributed by atoms with Crippen LogP contribution in [0.2, 0.25) is 0 Å². The van der Waals surface area contributed by atoms with Crippen LogP contribution in [0.3, 0.4) is 0 Å². The van der Waals surface area contributed by atoms with Gasteiger partial charge in [-0.3, -0.25) is 0 Å². The van der Waals surface area contributed by atoms with Gasteiger partial charge in [-0.2, -0.15) is 0 Å². The second kappa shape index (κ2) is 6.65. The molecule has 2 N–H and O–H groups in total. The normalized spacial score (nSPS) is 16.6. The average molecular weight is 293 g/mol. The van der Waals surface area contributed by atoms with E-state index in [1.807, 2.05) is 0 Å². The van der Waals surface area contributed by atoms with Crippen LogP contribution in [0.15, 0.2) is 36.1 Å². The van der Waals surface area contributed by atoms with Gasteiger partial charge < -0.3 is 24.6 Å². The van der Waals surface area contributed by atoms with E-state index in [0.29, 0.717) is 0 Å². The summed E-state index contributed by atoms with van der Waals surface area (Å²) in [6.45, 7) is 0.193. The topological polar surface area (TPSA) is 94.1 Å². The van der Waals surface area contributed by atoms with Crippen molar-refractivity contribution in [1.29, 1.82) is 0 Å². The van der Waals surface area contributed by atoms with Gasteiger partial charge in [0.1, 0.15) is 19.0 Å². The number of carboxylic acid groups (broad SMARTS) is 1. The number of hydrogen-bond donors (Lipinski definition) is 2. The highest BCUT2D eigenvalue weighted by Crippen LogP contribution is 2.13. The van der Waals surface area contributed by atoms with Crippen LogP contribution >= 0.6 is 0 Å². The third-order valence-corrected chi connectivity index (χ3v) is 2.81. The zero-order valence-electron chi connectivity index (χ0n) is 11.4. The van der Waals surface area contributed by atoms with Crippen molar-refractivity contribution in [1.82, 2.24) is 5.32 Å². The first-order valence-electron chi connectivity index (χ1n) is 6.22. The van der Waals surface area contributed by atoms with Crippen molar-refractivity contribution in [3.8, 4) is 5.75 Å². The first-order valence-corrected chi connectivity index (χ1v) is 6.22. The number of amides is 1. The number of ether oxygens (including phenoxy) is 3. The summed E-state index contributed by atoms with van der Waals surface area (Å²) in [5.41, 5.74) is 0.815. The third kappa shape index (κ3) is 4.13. The number of nitrogens with one attached hydrogen (secondary N) is 1. The van der Waals surface area contributed by atoms with Gasteiger partial charge in [-0.05, 0) is 23.8 Å². The summed E-state index contributed by atoms with van der Waals surface area (Å²) in [6.07, 6.45) is 0.694. The SMILES string of the molecule is COc1ccc(COC(=O)NC2C=C(C(=O)O)OC2)cc1. The number of carboxylic acids is 1. The molecule has 0 radical (unpaired) electrons. The first-order chi connectivity index (χ1) is 10.1. The van der Waals surface area contributed by atoms with Crippen molar-refractivity contribution in [3.63, 3.8) is 0 Å². The molecule has 1 aromatic carbocycles. The van der Waals surface area contributed by atoms with E-state index in [2.05, 4.69) is 5.32 Å². The second-order valence-electron chi connectivity index (χ2n) is 4.32. The fraction of sp³-hybridized carbons (Fsp3) is 0.286. The maximum atomic E-state index is 11.6. The number of carbonyl (C=O) groups is 2. The van der Waals surface area contributed by atoms with E-state index >= 15 is 0 Å². The molecule has 1 aliphatic heterocycles. The van der Waals surface area contributed by atoms with Crippen molar-refractivity contribution < 1.29 is 28.9 Å². The van der Waals surface area contributed by atoms with Crippen molar-refractivity contribution in [2.45, 2.75) is 12.6 Å².